The number of aryl methyl sites for hydroxylation is 2. The van der Waals surface area contributed by atoms with Gasteiger partial charge in [0.15, 0.2) is 4.08 Å². The molecule has 13 heavy (non-hydrogen) atoms. The van der Waals surface area contributed by atoms with E-state index in [9.17, 15) is 0 Å². The van der Waals surface area contributed by atoms with Crippen LogP contribution in [0.15, 0.2) is 28.0 Å². The van der Waals surface area contributed by atoms with Crippen LogP contribution in [0.1, 0.15) is 23.6 Å². The first-order chi connectivity index (χ1) is 6.27. The summed E-state index contributed by atoms with van der Waals surface area (Å²) in [5, 5.41) is 0. The van der Waals surface area contributed by atoms with Crippen molar-refractivity contribution in [1.29, 1.82) is 0 Å². The van der Waals surface area contributed by atoms with E-state index in [1.807, 2.05) is 32.7 Å². The molecule has 0 aliphatic rings. The van der Waals surface area contributed by atoms with E-state index < -0.39 is 0 Å². The summed E-state index contributed by atoms with van der Waals surface area (Å²) in [6, 6.07) is 6.54. The number of hydrogen-bond acceptors (Lipinski definition) is 0. The fourth-order valence-corrected chi connectivity index (χ4v) is 1.50. The summed E-state index contributed by atoms with van der Waals surface area (Å²) < 4.78 is 1.94. The highest BCUT2D eigenvalue weighted by Gasteiger charge is 1.96. The zero-order chi connectivity index (χ0) is 9.68. The average Bonchev–Trinajstić information content (AvgIpc) is 2.16. The summed E-state index contributed by atoms with van der Waals surface area (Å²) in [6.45, 7) is 4.31. The van der Waals surface area contributed by atoms with Crippen molar-refractivity contribution in [2.24, 2.45) is 0 Å². The second-order valence-corrected chi connectivity index (χ2v) is 3.66. The lowest BCUT2D eigenvalue weighted by Gasteiger charge is -2.02. The standard InChI is InChI=1S/C12H14I/c1-3-11-9-10(2)6-7-12(11)5-4-8-13/h5-9,13H,3H2,1-2H3/q+1. The van der Waals surface area contributed by atoms with Gasteiger partial charge in [-0.1, -0.05) is 36.4 Å². The molecule has 0 saturated carbocycles. The van der Waals surface area contributed by atoms with E-state index in [-0.39, 0.29) is 0 Å². The van der Waals surface area contributed by atoms with Crippen LogP contribution in [0.4, 0.5) is 0 Å². The lowest BCUT2D eigenvalue weighted by molar-refractivity contribution is -0.274. The van der Waals surface area contributed by atoms with E-state index in [1.54, 1.807) is 0 Å². The molecule has 0 nitrogen and oxygen atoms in total. The third kappa shape index (κ3) is 3.02. The monoisotopic (exact) mass is 285 g/mol. The first kappa shape index (κ1) is 10.6. The number of halogens is 1. The third-order valence-corrected chi connectivity index (χ3v) is 2.37. The van der Waals surface area contributed by atoms with Crippen molar-refractivity contribution in [3.63, 3.8) is 0 Å². The average molecular weight is 285 g/mol. The molecule has 1 aromatic rings. The predicted molar refractivity (Wildman–Crippen MR) is 54.5 cm³/mol. The van der Waals surface area contributed by atoms with Crippen molar-refractivity contribution >= 4 is 6.08 Å². The number of hydrogen-bond donors (Lipinski definition) is 0. The lowest BCUT2D eigenvalue weighted by atomic mass is 10.0. The van der Waals surface area contributed by atoms with Crippen LogP contribution in [0, 0.1) is 6.92 Å². The van der Waals surface area contributed by atoms with Crippen LogP contribution in [-0.4, -0.2) is 0 Å². The zero-order valence-electron chi connectivity index (χ0n) is 8.00. The number of benzene rings is 1. The Morgan fingerprint density at radius 1 is 1.46 bits per heavy atom. The molecule has 0 N–H and O–H groups in total. The minimum Gasteiger partial charge on any atom is -0.0715 e. The van der Waals surface area contributed by atoms with E-state index in [0.717, 1.165) is 6.42 Å². The molecule has 0 aliphatic heterocycles. The van der Waals surface area contributed by atoms with Crippen molar-refractivity contribution in [3.05, 3.63) is 44.7 Å². The van der Waals surface area contributed by atoms with Gasteiger partial charge in [0.25, 0.3) is 22.6 Å². The highest BCUT2D eigenvalue weighted by Crippen LogP contribution is 2.13. The first-order valence-corrected chi connectivity index (χ1v) is 5.75. The van der Waals surface area contributed by atoms with Gasteiger partial charge in [0.2, 0.25) is 0 Å². The molecule has 0 saturated heterocycles. The largest absolute Gasteiger partial charge is 0.297 e. The molecule has 0 amide bonds. The molecule has 1 aromatic carbocycles. The van der Waals surface area contributed by atoms with Gasteiger partial charge in [-0.15, -0.1) is 0 Å². The summed E-state index contributed by atoms with van der Waals surface area (Å²) in [4.78, 5) is 0. The van der Waals surface area contributed by atoms with Gasteiger partial charge in [-0.3, -0.25) is 0 Å². The molecule has 0 heterocycles. The molecule has 0 fully saturated rings. The zero-order valence-corrected chi connectivity index (χ0v) is 10.3. The molecule has 0 atom stereocenters. The van der Waals surface area contributed by atoms with Gasteiger partial charge in [-0.05, 0) is 30.5 Å². The van der Waals surface area contributed by atoms with Crippen LogP contribution in [0.25, 0.3) is 6.08 Å². The maximum absolute atomic E-state index is 3.11. The molecule has 0 aromatic heterocycles. The van der Waals surface area contributed by atoms with E-state index in [4.69, 9.17) is 0 Å². The smallest absolute Gasteiger partial charge is 0.0715 e. The summed E-state index contributed by atoms with van der Waals surface area (Å²) in [6.07, 6.45) is 3.13. The maximum Gasteiger partial charge on any atom is 0.297 e. The SMILES string of the molecule is CCc1cc(C)ccc1C=C=C[IH+]. The van der Waals surface area contributed by atoms with Gasteiger partial charge in [-0.2, -0.15) is 0 Å². The van der Waals surface area contributed by atoms with Crippen molar-refractivity contribution in [1.82, 2.24) is 0 Å². The molecule has 1 heteroatoms. The van der Waals surface area contributed by atoms with Crippen molar-refractivity contribution in [3.8, 4) is 0 Å². The Hall–Kier alpha value is -0.530. The van der Waals surface area contributed by atoms with Crippen LogP contribution in [-0.2, 0) is 6.42 Å². The Morgan fingerprint density at radius 3 is 2.85 bits per heavy atom. The van der Waals surface area contributed by atoms with E-state index in [1.165, 1.54) is 16.7 Å². The van der Waals surface area contributed by atoms with Crippen molar-refractivity contribution in [2.45, 2.75) is 20.3 Å². The van der Waals surface area contributed by atoms with Gasteiger partial charge in [0.05, 0.1) is 0 Å². The first-order valence-electron chi connectivity index (χ1n) is 4.40. The van der Waals surface area contributed by atoms with Crippen LogP contribution in [0.2, 0.25) is 0 Å². The molecule has 0 bridgehead atoms. The minimum absolute atomic E-state index is 1.08. The Kier molecular flexibility index (Phi) is 4.26. The van der Waals surface area contributed by atoms with E-state index in [2.05, 4.69) is 37.8 Å². The van der Waals surface area contributed by atoms with Gasteiger partial charge < -0.3 is 0 Å². The highest BCUT2D eigenvalue weighted by molar-refractivity contribution is 5.54. The Balaban J connectivity index is 3.13. The highest BCUT2D eigenvalue weighted by atomic mass is 127. The third-order valence-electron chi connectivity index (χ3n) is 1.99. The van der Waals surface area contributed by atoms with Crippen LogP contribution in [0.5, 0.6) is 0 Å². The molecule has 1 rings (SSSR count). The maximum atomic E-state index is 3.11. The molecular formula is C12H14I+. The molecule has 68 valence electrons. The van der Waals surface area contributed by atoms with E-state index >= 15 is 0 Å². The quantitative estimate of drug-likeness (QED) is 0.529. The Bertz CT molecular complexity index is 344. The fraction of sp³-hybridized carbons (Fsp3) is 0.250. The lowest BCUT2D eigenvalue weighted by Crippen LogP contribution is -3.30. The molecular weight excluding hydrogens is 271 g/mol. The van der Waals surface area contributed by atoms with E-state index in [0.29, 0.717) is 0 Å². The van der Waals surface area contributed by atoms with Crippen molar-refractivity contribution in [2.75, 3.05) is 0 Å². The second-order valence-electron chi connectivity index (χ2n) is 2.98. The summed E-state index contributed by atoms with van der Waals surface area (Å²) in [5.74, 6) is 0. The van der Waals surface area contributed by atoms with Gasteiger partial charge in [-0.25, -0.2) is 0 Å². The van der Waals surface area contributed by atoms with Crippen LogP contribution in [0.3, 0.4) is 0 Å². The molecule has 0 spiro atoms. The van der Waals surface area contributed by atoms with Gasteiger partial charge >= 0.3 is 0 Å². The molecule has 0 radical (unpaired) electrons. The number of rotatable bonds is 2. The second kappa shape index (κ2) is 5.25. The summed E-state index contributed by atoms with van der Waals surface area (Å²) in [5.41, 5.74) is 7.13. The molecule has 0 unspecified atom stereocenters. The summed E-state index contributed by atoms with van der Waals surface area (Å²) in [7, 11) is 0. The molecule has 0 aliphatic carbocycles. The predicted octanol–water partition coefficient (Wildman–Crippen LogP) is -0.0312. The van der Waals surface area contributed by atoms with Crippen LogP contribution >= 0.6 is 0 Å². The fourth-order valence-electron chi connectivity index (χ4n) is 1.31. The van der Waals surface area contributed by atoms with Crippen molar-refractivity contribution < 1.29 is 22.6 Å². The topological polar surface area (TPSA) is 0 Å². The van der Waals surface area contributed by atoms with Crippen LogP contribution < -0.4 is 22.6 Å². The van der Waals surface area contributed by atoms with Gasteiger partial charge in [0, 0.05) is 0 Å². The minimum atomic E-state index is 1.08. The Morgan fingerprint density at radius 2 is 2.23 bits per heavy atom. The van der Waals surface area contributed by atoms with Gasteiger partial charge in [0.1, 0.15) is 0 Å². The normalized spacial score (nSPS) is 9.15. The summed E-state index contributed by atoms with van der Waals surface area (Å²) >= 11 is 1.92. The Labute approximate surface area is 93.5 Å².